The molecule has 2 heterocycles. The van der Waals surface area contributed by atoms with E-state index in [0.29, 0.717) is 5.92 Å². The Labute approximate surface area is 126 Å². The van der Waals surface area contributed by atoms with Gasteiger partial charge in [0, 0.05) is 25.7 Å². The lowest BCUT2D eigenvalue weighted by molar-refractivity contribution is 0.351. The van der Waals surface area contributed by atoms with Gasteiger partial charge in [0.15, 0.2) is 5.65 Å². The molecule has 21 heavy (non-hydrogen) atoms. The summed E-state index contributed by atoms with van der Waals surface area (Å²) >= 11 is 0. The first kappa shape index (κ1) is 14.3. The van der Waals surface area contributed by atoms with Gasteiger partial charge in [-0.25, -0.2) is 0 Å². The van der Waals surface area contributed by atoms with E-state index in [2.05, 4.69) is 39.8 Å². The van der Waals surface area contributed by atoms with Crippen molar-refractivity contribution >= 4 is 5.65 Å². The number of pyridine rings is 1. The molecule has 0 bridgehead atoms. The number of hydrogen-bond donors (Lipinski definition) is 1. The van der Waals surface area contributed by atoms with Gasteiger partial charge in [0.25, 0.3) is 0 Å². The van der Waals surface area contributed by atoms with Gasteiger partial charge in [-0.2, -0.15) is 0 Å². The van der Waals surface area contributed by atoms with E-state index < -0.39 is 0 Å². The molecule has 3 rings (SSSR count). The molecule has 0 saturated carbocycles. The molecular formula is C17H24N4. The van der Waals surface area contributed by atoms with Gasteiger partial charge in [-0.05, 0) is 43.7 Å². The molecule has 2 aromatic heterocycles. The average Bonchev–Trinajstić information content (AvgIpc) is 2.89. The molecule has 0 aliphatic heterocycles. The van der Waals surface area contributed by atoms with Gasteiger partial charge in [-0.1, -0.05) is 24.6 Å². The predicted octanol–water partition coefficient (Wildman–Crippen LogP) is 2.85. The van der Waals surface area contributed by atoms with E-state index >= 15 is 0 Å². The SMILES string of the molecule is CC1=CCC[C@@H](C)[C@H]1CNCCc1nnc2ccccn12. The fourth-order valence-corrected chi connectivity index (χ4v) is 3.26. The fourth-order valence-electron chi connectivity index (χ4n) is 3.26. The molecule has 0 radical (unpaired) electrons. The molecule has 0 spiro atoms. The molecule has 2 atom stereocenters. The molecule has 112 valence electrons. The van der Waals surface area contributed by atoms with E-state index in [9.17, 15) is 0 Å². The van der Waals surface area contributed by atoms with Crippen molar-refractivity contribution in [1.29, 1.82) is 0 Å². The maximum atomic E-state index is 4.27. The summed E-state index contributed by atoms with van der Waals surface area (Å²) in [6.07, 6.45) is 7.90. The third-order valence-corrected chi connectivity index (χ3v) is 4.63. The van der Waals surface area contributed by atoms with Crippen LogP contribution in [0.5, 0.6) is 0 Å². The molecular weight excluding hydrogens is 260 g/mol. The normalized spacial score (nSPS) is 22.5. The summed E-state index contributed by atoms with van der Waals surface area (Å²) in [6.45, 7) is 6.66. The summed E-state index contributed by atoms with van der Waals surface area (Å²) in [7, 11) is 0. The zero-order valence-corrected chi connectivity index (χ0v) is 12.9. The monoisotopic (exact) mass is 284 g/mol. The highest BCUT2D eigenvalue weighted by atomic mass is 15.2. The Kier molecular flexibility index (Phi) is 4.34. The van der Waals surface area contributed by atoms with Crippen molar-refractivity contribution in [2.45, 2.75) is 33.1 Å². The highest BCUT2D eigenvalue weighted by Crippen LogP contribution is 2.29. The zero-order chi connectivity index (χ0) is 14.7. The van der Waals surface area contributed by atoms with Gasteiger partial charge in [0.2, 0.25) is 0 Å². The Morgan fingerprint density at radius 2 is 2.24 bits per heavy atom. The van der Waals surface area contributed by atoms with Crippen LogP contribution >= 0.6 is 0 Å². The summed E-state index contributed by atoms with van der Waals surface area (Å²) < 4.78 is 2.07. The van der Waals surface area contributed by atoms with E-state index in [4.69, 9.17) is 0 Å². The van der Waals surface area contributed by atoms with Gasteiger partial charge in [-0.3, -0.25) is 4.40 Å². The first-order chi connectivity index (χ1) is 10.3. The van der Waals surface area contributed by atoms with Crippen LogP contribution in [0.3, 0.4) is 0 Å². The third kappa shape index (κ3) is 3.16. The molecule has 4 heteroatoms. The topological polar surface area (TPSA) is 42.2 Å². The van der Waals surface area contributed by atoms with Crippen molar-refractivity contribution in [2.24, 2.45) is 11.8 Å². The molecule has 1 N–H and O–H groups in total. The van der Waals surface area contributed by atoms with E-state index in [1.54, 1.807) is 5.57 Å². The predicted molar refractivity (Wildman–Crippen MR) is 85.2 cm³/mol. The first-order valence-electron chi connectivity index (χ1n) is 7.91. The molecule has 0 fully saturated rings. The van der Waals surface area contributed by atoms with E-state index in [1.807, 2.05) is 24.4 Å². The third-order valence-electron chi connectivity index (χ3n) is 4.63. The lowest BCUT2D eigenvalue weighted by atomic mass is 9.80. The Morgan fingerprint density at radius 3 is 3.10 bits per heavy atom. The summed E-state index contributed by atoms with van der Waals surface area (Å²) in [4.78, 5) is 0. The van der Waals surface area contributed by atoms with Crippen LogP contribution in [0.4, 0.5) is 0 Å². The quantitative estimate of drug-likeness (QED) is 0.678. The van der Waals surface area contributed by atoms with Crippen LogP contribution in [0.25, 0.3) is 5.65 Å². The number of fused-ring (bicyclic) bond motifs is 1. The van der Waals surface area contributed by atoms with Crippen LogP contribution in [0, 0.1) is 11.8 Å². The van der Waals surface area contributed by atoms with Crippen molar-refractivity contribution in [3.63, 3.8) is 0 Å². The molecule has 1 aliphatic carbocycles. The highest BCUT2D eigenvalue weighted by Gasteiger charge is 2.21. The number of nitrogens with one attached hydrogen (secondary N) is 1. The van der Waals surface area contributed by atoms with Crippen LogP contribution in [-0.4, -0.2) is 27.7 Å². The van der Waals surface area contributed by atoms with E-state index in [-0.39, 0.29) is 0 Å². The van der Waals surface area contributed by atoms with Crippen LogP contribution in [0.2, 0.25) is 0 Å². The number of nitrogens with zero attached hydrogens (tertiary/aromatic N) is 3. The zero-order valence-electron chi connectivity index (χ0n) is 12.9. The Balaban J connectivity index is 1.52. The van der Waals surface area contributed by atoms with Gasteiger partial charge < -0.3 is 5.32 Å². The Morgan fingerprint density at radius 1 is 1.33 bits per heavy atom. The molecule has 0 saturated heterocycles. The van der Waals surface area contributed by atoms with Crippen molar-refractivity contribution in [2.75, 3.05) is 13.1 Å². The van der Waals surface area contributed by atoms with E-state index in [1.165, 1.54) is 12.8 Å². The molecule has 4 nitrogen and oxygen atoms in total. The summed E-state index contributed by atoms with van der Waals surface area (Å²) in [5.74, 6) is 2.51. The number of rotatable bonds is 5. The van der Waals surface area contributed by atoms with Crippen molar-refractivity contribution in [1.82, 2.24) is 19.9 Å². The minimum absolute atomic E-state index is 0.689. The average molecular weight is 284 g/mol. The lowest BCUT2D eigenvalue weighted by Crippen LogP contribution is -2.31. The number of hydrogen-bond acceptors (Lipinski definition) is 3. The second-order valence-electron chi connectivity index (χ2n) is 6.11. The summed E-state index contributed by atoms with van der Waals surface area (Å²) in [6, 6.07) is 6.00. The molecule has 0 amide bonds. The summed E-state index contributed by atoms with van der Waals surface area (Å²) in [5.41, 5.74) is 2.47. The Bertz CT molecular complexity index is 629. The minimum Gasteiger partial charge on any atom is -0.316 e. The fraction of sp³-hybridized carbons (Fsp3) is 0.529. The largest absolute Gasteiger partial charge is 0.316 e. The maximum Gasteiger partial charge on any atom is 0.160 e. The van der Waals surface area contributed by atoms with Crippen LogP contribution in [0.15, 0.2) is 36.0 Å². The van der Waals surface area contributed by atoms with E-state index in [0.717, 1.165) is 36.9 Å². The standard InChI is InChI=1S/C17H24N4/c1-13-6-5-7-14(2)15(13)12-18-10-9-17-20-19-16-8-3-4-11-21(16)17/h3-4,6,8,11,14-15,18H,5,7,9-10,12H2,1-2H3/t14-,15+/m1/s1. The van der Waals surface area contributed by atoms with Crippen molar-refractivity contribution < 1.29 is 0 Å². The lowest BCUT2D eigenvalue weighted by Gasteiger charge is -2.29. The first-order valence-corrected chi connectivity index (χ1v) is 7.91. The number of allylic oxidation sites excluding steroid dienone is 1. The van der Waals surface area contributed by atoms with Crippen LogP contribution in [-0.2, 0) is 6.42 Å². The van der Waals surface area contributed by atoms with Crippen LogP contribution in [0.1, 0.15) is 32.5 Å². The van der Waals surface area contributed by atoms with Gasteiger partial charge in [-0.15, -0.1) is 10.2 Å². The summed E-state index contributed by atoms with van der Waals surface area (Å²) in [5, 5.41) is 12.1. The van der Waals surface area contributed by atoms with Gasteiger partial charge in [0.05, 0.1) is 0 Å². The molecule has 0 aromatic carbocycles. The second-order valence-corrected chi connectivity index (χ2v) is 6.11. The minimum atomic E-state index is 0.689. The van der Waals surface area contributed by atoms with Crippen molar-refractivity contribution in [3.05, 3.63) is 41.9 Å². The molecule has 1 aliphatic rings. The second kappa shape index (κ2) is 6.39. The maximum absolute atomic E-state index is 4.27. The highest BCUT2D eigenvalue weighted by molar-refractivity contribution is 5.36. The van der Waals surface area contributed by atoms with Gasteiger partial charge in [0.1, 0.15) is 5.82 Å². The smallest absolute Gasteiger partial charge is 0.160 e. The van der Waals surface area contributed by atoms with Gasteiger partial charge >= 0.3 is 0 Å². The number of aromatic nitrogens is 3. The Hall–Kier alpha value is -1.68. The van der Waals surface area contributed by atoms with Crippen molar-refractivity contribution in [3.8, 4) is 0 Å². The molecule has 2 aromatic rings. The molecule has 0 unspecified atom stereocenters. The van der Waals surface area contributed by atoms with Crippen LogP contribution < -0.4 is 5.32 Å².